The third kappa shape index (κ3) is 9.13. The molecule has 3 rings (SSSR count). The van der Waals surface area contributed by atoms with Crippen molar-refractivity contribution in [3.05, 3.63) is 46.5 Å². The number of hydrogen-bond acceptors (Lipinski definition) is 5. The molecule has 1 aliphatic rings. The normalized spacial score (nSPS) is 18.8. The number of rotatable bonds is 4. The molecule has 0 radical (unpaired) electrons. The van der Waals surface area contributed by atoms with Gasteiger partial charge in [-0.2, -0.15) is 0 Å². The van der Waals surface area contributed by atoms with Gasteiger partial charge in [0.05, 0.1) is 11.4 Å². The zero-order valence-corrected chi connectivity index (χ0v) is 29.4. The van der Waals surface area contributed by atoms with Gasteiger partial charge in [0.1, 0.15) is 0 Å². The first-order valence-corrected chi connectivity index (χ1v) is 15.8. The maximum atomic E-state index is 13.4. The maximum absolute atomic E-state index is 13.4. The average molecular weight is 612 g/mol. The molecule has 0 aromatic heterocycles. The van der Waals surface area contributed by atoms with Crippen LogP contribution in [0, 0.1) is 11.8 Å². The molecule has 0 heterocycles. The zero-order chi connectivity index (χ0) is 32.3. The third-order valence-corrected chi connectivity index (χ3v) is 8.17. The van der Waals surface area contributed by atoms with E-state index in [9.17, 15) is 10.2 Å². The molecule has 0 unspecified atom stereocenters. The first-order chi connectivity index (χ1) is 19.2. The summed E-state index contributed by atoms with van der Waals surface area (Å²) in [5.74, 6) is 0.387. The van der Waals surface area contributed by atoms with Crippen LogP contribution in [0.15, 0.2) is 34.3 Å². The van der Waals surface area contributed by atoms with E-state index in [4.69, 9.17) is 13.7 Å². The van der Waals surface area contributed by atoms with Gasteiger partial charge in [-0.25, -0.2) is 0 Å². The molecule has 229 valence electrons. The Balaban J connectivity index is 0.00000301. The van der Waals surface area contributed by atoms with E-state index in [1.54, 1.807) is 0 Å². The fourth-order valence-electron chi connectivity index (χ4n) is 5.31. The summed E-state index contributed by atoms with van der Waals surface area (Å²) in [6.07, 6.45) is 8.21. The van der Waals surface area contributed by atoms with Crippen LogP contribution in [0.5, 0.6) is 11.5 Å². The molecule has 5 nitrogen and oxygen atoms in total. The first kappa shape index (κ1) is 36.0. The number of nitrogens with zero attached hydrogens (tertiary/aromatic N) is 2. The Morgan fingerprint density at radius 1 is 0.595 bits per heavy atom. The van der Waals surface area contributed by atoms with Crippen LogP contribution in [0.25, 0.3) is 0 Å². The molecule has 0 spiro atoms. The summed E-state index contributed by atoms with van der Waals surface area (Å²) in [5.41, 5.74) is 4.24. The SMILES string of the molecule is CC(C)(C)c1cc(N=C[C@@H]2CCCC[C@H]2C=Nc2cc(C(C)(C)C)cc(C(C)(C)C)c2[O-])c([O-])c(C(C)(C)C)c1.[O]=[V+2]. The van der Waals surface area contributed by atoms with Crippen molar-refractivity contribution in [2.45, 2.75) is 130 Å². The predicted octanol–water partition coefficient (Wildman–Crippen LogP) is 8.81. The number of hydrogen-bond donors (Lipinski definition) is 0. The Hall–Kier alpha value is -2.24. The van der Waals surface area contributed by atoms with Gasteiger partial charge in [0.25, 0.3) is 0 Å². The molecule has 2 aromatic rings. The molecule has 2 atom stereocenters. The fourth-order valence-corrected chi connectivity index (χ4v) is 5.31. The van der Waals surface area contributed by atoms with Gasteiger partial charge in [0, 0.05) is 24.3 Å². The Labute approximate surface area is 264 Å². The van der Waals surface area contributed by atoms with Crippen LogP contribution in [-0.2, 0) is 42.7 Å². The van der Waals surface area contributed by atoms with E-state index in [2.05, 4.69) is 95.2 Å². The van der Waals surface area contributed by atoms with Crippen molar-refractivity contribution in [1.82, 2.24) is 0 Å². The quantitative estimate of drug-likeness (QED) is 0.324. The Bertz CT molecular complexity index is 1190. The van der Waals surface area contributed by atoms with Gasteiger partial charge < -0.3 is 10.2 Å². The van der Waals surface area contributed by atoms with Gasteiger partial charge in [0.2, 0.25) is 0 Å². The molecule has 1 fully saturated rings. The summed E-state index contributed by atoms with van der Waals surface area (Å²) in [4.78, 5) is 9.66. The Morgan fingerprint density at radius 3 is 1.17 bits per heavy atom. The van der Waals surface area contributed by atoms with Gasteiger partial charge in [-0.15, -0.1) is 0 Å². The second-order valence-electron chi connectivity index (χ2n) is 15.9. The van der Waals surface area contributed by atoms with E-state index < -0.39 is 0 Å². The second kappa shape index (κ2) is 13.6. The van der Waals surface area contributed by atoms with Crippen molar-refractivity contribution in [3.8, 4) is 11.5 Å². The average Bonchev–Trinajstić information content (AvgIpc) is 2.86. The van der Waals surface area contributed by atoms with Gasteiger partial charge in [-0.1, -0.05) is 120 Å². The molecule has 0 N–H and O–H groups in total. The molecule has 42 heavy (non-hydrogen) atoms. The summed E-state index contributed by atoms with van der Waals surface area (Å²) in [6, 6.07) is 8.07. The van der Waals surface area contributed by atoms with Crippen LogP contribution < -0.4 is 10.2 Å². The molecule has 0 saturated heterocycles. The molecule has 1 saturated carbocycles. The van der Waals surface area contributed by atoms with Crippen LogP contribution in [-0.4, -0.2) is 12.4 Å². The van der Waals surface area contributed by atoms with Crippen molar-refractivity contribution in [2.75, 3.05) is 0 Å². The van der Waals surface area contributed by atoms with E-state index in [-0.39, 0.29) is 45.0 Å². The van der Waals surface area contributed by atoms with Gasteiger partial charge in [-0.05, 0) is 68.9 Å². The van der Waals surface area contributed by atoms with E-state index in [0.717, 1.165) is 65.3 Å². The summed E-state index contributed by atoms with van der Waals surface area (Å²) in [5, 5.41) is 26.9. The minimum atomic E-state index is -0.258. The minimum absolute atomic E-state index is 0.0162. The standard InChI is InChI=1S/C36H54N2O2.O.V/c1-33(2,3)25-17-27(35(7,8)9)31(39)29(19-25)37-21-23-15-13-14-16-24(23)22-38-30-20-26(34(4,5)6)18-28(32(30)40)36(10,11)12;;/h17-24,39-40H,13-16H2,1-12H3;;/q;;+2/p-2/t23-,24-;;/m0../s1. The van der Waals surface area contributed by atoms with Crippen molar-refractivity contribution in [3.63, 3.8) is 0 Å². The molecular weight excluding hydrogens is 559 g/mol. The van der Waals surface area contributed by atoms with E-state index in [0.29, 0.717) is 11.4 Å². The molecular formula is C36H52N2O3V. The summed E-state index contributed by atoms with van der Waals surface area (Å²) < 4.78 is 8.19. The summed E-state index contributed by atoms with van der Waals surface area (Å²) in [6.45, 7) is 25.5. The van der Waals surface area contributed by atoms with Crippen molar-refractivity contribution < 1.29 is 31.3 Å². The van der Waals surface area contributed by atoms with Gasteiger partial charge >= 0.3 is 21.0 Å². The van der Waals surface area contributed by atoms with E-state index in [1.165, 1.54) is 0 Å². The Morgan fingerprint density at radius 2 is 0.905 bits per heavy atom. The number of benzene rings is 2. The molecule has 6 heteroatoms. The van der Waals surface area contributed by atoms with Crippen molar-refractivity contribution in [1.29, 1.82) is 0 Å². The van der Waals surface area contributed by atoms with E-state index in [1.807, 2.05) is 24.6 Å². The molecule has 1 aliphatic carbocycles. The second-order valence-corrected chi connectivity index (χ2v) is 15.9. The first-order valence-electron chi connectivity index (χ1n) is 15.2. The molecule has 0 aliphatic heterocycles. The zero-order valence-electron chi connectivity index (χ0n) is 28.0. The van der Waals surface area contributed by atoms with Crippen LogP contribution in [0.1, 0.15) is 131 Å². The Kier molecular flexibility index (Phi) is 11.6. The summed E-state index contributed by atoms with van der Waals surface area (Å²) in [7, 11) is 0. The molecule has 0 bridgehead atoms. The van der Waals surface area contributed by atoms with Crippen LogP contribution >= 0.6 is 0 Å². The third-order valence-electron chi connectivity index (χ3n) is 8.17. The van der Waals surface area contributed by atoms with Gasteiger partial charge in [0.15, 0.2) is 0 Å². The van der Waals surface area contributed by atoms with Crippen molar-refractivity contribution in [2.24, 2.45) is 21.8 Å². The predicted molar refractivity (Wildman–Crippen MR) is 169 cm³/mol. The summed E-state index contributed by atoms with van der Waals surface area (Å²) >= 11 is 1.06. The molecule has 0 amide bonds. The van der Waals surface area contributed by atoms with Crippen LogP contribution in [0.4, 0.5) is 11.4 Å². The monoisotopic (exact) mass is 611 g/mol. The number of aliphatic imine (C=N–C) groups is 2. The van der Waals surface area contributed by atoms with Crippen LogP contribution in [0.3, 0.4) is 0 Å². The fraction of sp³-hybridized carbons (Fsp3) is 0.611. The van der Waals surface area contributed by atoms with Crippen molar-refractivity contribution >= 4 is 23.8 Å². The van der Waals surface area contributed by atoms with Crippen LogP contribution in [0.2, 0.25) is 0 Å². The van der Waals surface area contributed by atoms with E-state index >= 15 is 0 Å². The van der Waals surface area contributed by atoms with Gasteiger partial charge in [-0.3, -0.25) is 9.98 Å². The molecule has 2 aromatic carbocycles. The topological polar surface area (TPSA) is 87.9 Å².